The van der Waals surface area contributed by atoms with Crippen LogP contribution in [-0.2, 0) is 6.18 Å². The van der Waals surface area contributed by atoms with Crippen molar-refractivity contribution in [1.29, 1.82) is 0 Å². The summed E-state index contributed by atoms with van der Waals surface area (Å²) in [4.78, 5) is 0. The first-order chi connectivity index (χ1) is 9.36. The summed E-state index contributed by atoms with van der Waals surface area (Å²) in [5.74, 6) is 0. The Hall–Kier alpha value is -1.49. The van der Waals surface area contributed by atoms with Gasteiger partial charge in [-0.05, 0) is 48.9 Å². The topological polar surface area (TPSA) is 12.0 Å². The van der Waals surface area contributed by atoms with Crippen LogP contribution >= 0.6 is 15.9 Å². The summed E-state index contributed by atoms with van der Waals surface area (Å²) in [6, 6.07) is 12.8. The van der Waals surface area contributed by atoms with Gasteiger partial charge >= 0.3 is 6.18 Å². The lowest BCUT2D eigenvalue weighted by Gasteiger charge is -2.16. The van der Waals surface area contributed by atoms with E-state index in [0.29, 0.717) is 5.69 Å². The molecule has 1 atom stereocenters. The summed E-state index contributed by atoms with van der Waals surface area (Å²) < 4.78 is 38.4. The van der Waals surface area contributed by atoms with Gasteiger partial charge in [0.1, 0.15) is 0 Å². The number of halogens is 4. The molecule has 1 nitrogen and oxygen atoms in total. The smallest absolute Gasteiger partial charge is 0.379 e. The van der Waals surface area contributed by atoms with Crippen LogP contribution in [0.5, 0.6) is 0 Å². The van der Waals surface area contributed by atoms with Gasteiger partial charge in [-0.2, -0.15) is 13.2 Å². The van der Waals surface area contributed by atoms with E-state index in [1.54, 1.807) is 0 Å². The van der Waals surface area contributed by atoms with Crippen molar-refractivity contribution in [1.82, 2.24) is 0 Å². The average Bonchev–Trinajstić information content (AvgIpc) is 2.39. The number of benzene rings is 2. The molecule has 0 spiro atoms. The van der Waals surface area contributed by atoms with Crippen LogP contribution < -0.4 is 5.32 Å². The van der Waals surface area contributed by atoms with Crippen molar-refractivity contribution in [3.8, 4) is 0 Å². The van der Waals surface area contributed by atoms with Gasteiger partial charge < -0.3 is 5.32 Å². The number of rotatable bonds is 3. The Morgan fingerprint density at radius 3 is 2.00 bits per heavy atom. The van der Waals surface area contributed by atoms with Crippen molar-refractivity contribution in [2.75, 3.05) is 5.32 Å². The van der Waals surface area contributed by atoms with Gasteiger partial charge in [-0.1, -0.05) is 28.1 Å². The molecule has 2 rings (SSSR count). The van der Waals surface area contributed by atoms with Crippen LogP contribution in [-0.4, -0.2) is 0 Å². The fourth-order valence-electron chi connectivity index (χ4n) is 1.84. The summed E-state index contributed by atoms with van der Waals surface area (Å²) in [5, 5.41) is 3.17. The Morgan fingerprint density at radius 1 is 0.950 bits per heavy atom. The van der Waals surface area contributed by atoms with Gasteiger partial charge in [0.15, 0.2) is 0 Å². The second-order valence-corrected chi connectivity index (χ2v) is 5.41. The third-order valence-corrected chi connectivity index (χ3v) is 3.49. The molecule has 2 aromatic rings. The lowest BCUT2D eigenvalue weighted by molar-refractivity contribution is -0.137. The van der Waals surface area contributed by atoms with Crippen LogP contribution in [0.2, 0.25) is 0 Å². The molecule has 0 aliphatic carbocycles. The molecule has 5 heteroatoms. The molecule has 0 heterocycles. The van der Waals surface area contributed by atoms with Crippen LogP contribution in [0.15, 0.2) is 53.0 Å². The molecule has 0 aromatic heterocycles. The van der Waals surface area contributed by atoms with E-state index in [-0.39, 0.29) is 6.04 Å². The normalized spacial score (nSPS) is 13.1. The average molecular weight is 344 g/mol. The Bertz CT molecular complexity index is 561. The number of hydrogen-bond donors (Lipinski definition) is 1. The van der Waals surface area contributed by atoms with Gasteiger partial charge in [-0.25, -0.2) is 0 Å². The maximum Gasteiger partial charge on any atom is 0.416 e. The molecule has 0 bridgehead atoms. The summed E-state index contributed by atoms with van der Waals surface area (Å²) in [6.07, 6.45) is -4.30. The van der Waals surface area contributed by atoms with Gasteiger partial charge in [0.05, 0.1) is 5.56 Å². The van der Waals surface area contributed by atoms with Crippen LogP contribution in [0.1, 0.15) is 24.1 Å². The van der Waals surface area contributed by atoms with E-state index in [9.17, 15) is 13.2 Å². The predicted molar refractivity (Wildman–Crippen MR) is 77.6 cm³/mol. The maximum absolute atomic E-state index is 12.5. The van der Waals surface area contributed by atoms with Gasteiger partial charge in [0, 0.05) is 16.2 Å². The Morgan fingerprint density at radius 2 is 1.50 bits per heavy atom. The minimum absolute atomic E-state index is 0.0137. The van der Waals surface area contributed by atoms with Crippen LogP contribution in [0.3, 0.4) is 0 Å². The number of anilines is 1. The molecule has 2 aromatic carbocycles. The van der Waals surface area contributed by atoms with E-state index in [2.05, 4.69) is 21.2 Å². The van der Waals surface area contributed by atoms with Crippen molar-refractivity contribution in [2.45, 2.75) is 19.1 Å². The van der Waals surface area contributed by atoms with Crippen molar-refractivity contribution < 1.29 is 13.2 Å². The van der Waals surface area contributed by atoms with E-state index < -0.39 is 11.7 Å². The zero-order valence-corrected chi connectivity index (χ0v) is 12.3. The number of alkyl halides is 3. The molecule has 106 valence electrons. The molecule has 0 amide bonds. The fraction of sp³-hybridized carbons (Fsp3) is 0.200. The lowest BCUT2D eigenvalue weighted by atomic mass is 10.1. The minimum atomic E-state index is -4.30. The molecule has 0 radical (unpaired) electrons. The second kappa shape index (κ2) is 5.87. The lowest BCUT2D eigenvalue weighted by Crippen LogP contribution is -2.08. The number of hydrogen-bond acceptors (Lipinski definition) is 1. The highest BCUT2D eigenvalue weighted by Crippen LogP contribution is 2.30. The van der Waals surface area contributed by atoms with Crippen LogP contribution in [0.25, 0.3) is 0 Å². The van der Waals surface area contributed by atoms with Gasteiger partial charge in [0.25, 0.3) is 0 Å². The Balaban J connectivity index is 2.08. The van der Waals surface area contributed by atoms with E-state index in [4.69, 9.17) is 0 Å². The van der Waals surface area contributed by atoms with E-state index in [1.807, 2.05) is 31.2 Å². The largest absolute Gasteiger partial charge is 0.416 e. The summed E-state index contributed by atoms with van der Waals surface area (Å²) >= 11 is 3.36. The molecule has 0 saturated carbocycles. The van der Waals surface area contributed by atoms with E-state index in [1.165, 1.54) is 12.1 Å². The van der Waals surface area contributed by atoms with Crippen molar-refractivity contribution in [3.05, 3.63) is 64.1 Å². The van der Waals surface area contributed by atoms with E-state index in [0.717, 1.165) is 22.2 Å². The number of nitrogens with one attached hydrogen (secondary N) is 1. The highest BCUT2D eigenvalue weighted by molar-refractivity contribution is 9.10. The zero-order valence-electron chi connectivity index (χ0n) is 10.7. The first-order valence-corrected chi connectivity index (χ1v) is 6.85. The van der Waals surface area contributed by atoms with Gasteiger partial charge in [-0.15, -0.1) is 0 Å². The SMILES string of the molecule is CC(Nc1ccc(C(F)(F)F)cc1)c1ccc(Br)cc1. The Kier molecular flexibility index (Phi) is 4.38. The molecule has 1 N–H and O–H groups in total. The van der Waals surface area contributed by atoms with Crippen molar-refractivity contribution in [2.24, 2.45) is 0 Å². The third kappa shape index (κ3) is 3.76. The molecule has 20 heavy (non-hydrogen) atoms. The molecular formula is C15H13BrF3N. The second-order valence-electron chi connectivity index (χ2n) is 4.49. The molecular weight excluding hydrogens is 331 g/mol. The van der Waals surface area contributed by atoms with Crippen molar-refractivity contribution in [3.63, 3.8) is 0 Å². The molecule has 0 aliphatic heterocycles. The fourth-order valence-corrected chi connectivity index (χ4v) is 2.10. The monoisotopic (exact) mass is 343 g/mol. The van der Waals surface area contributed by atoms with Crippen molar-refractivity contribution >= 4 is 21.6 Å². The summed E-state index contributed by atoms with van der Waals surface area (Å²) in [6.45, 7) is 1.96. The van der Waals surface area contributed by atoms with Gasteiger partial charge in [-0.3, -0.25) is 0 Å². The highest BCUT2D eigenvalue weighted by atomic mass is 79.9. The van der Waals surface area contributed by atoms with E-state index >= 15 is 0 Å². The maximum atomic E-state index is 12.5. The predicted octanol–water partition coefficient (Wildman–Crippen LogP) is 5.64. The third-order valence-electron chi connectivity index (χ3n) is 2.97. The quantitative estimate of drug-likeness (QED) is 0.760. The zero-order chi connectivity index (χ0) is 14.8. The molecule has 0 aliphatic rings. The molecule has 0 saturated heterocycles. The summed E-state index contributed by atoms with van der Waals surface area (Å²) in [7, 11) is 0. The highest BCUT2D eigenvalue weighted by Gasteiger charge is 2.29. The van der Waals surface area contributed by atoms with Crippen LogP contribution in [0.4, 0.5) is 18.9 Å². The minimum Gasteiger partial charge on any atom is -0.379 e. The first kappa shape index (κ1) is 14.9. The van der Waals surface area contributed by atoms with Gasteiger partial charge in [0.2, 0.25) is 0 Å². The molecule has 0 fully saturated rings. The van der Waals surface area contributed by atoms with Crippen LogP contribution in [0, 0.1) is 0 Å². The standard InChI is InChI=1S/C15H13BrF3N/c1-10(11-2-6-13(16)7-3-11)20-14-8-4-12(5-9-14)15(17,18)19/h2-10,20H,1H3. The summed E-state index contributed by atoms with van der Waals surface area (Å²) in [5.41, 5.74) is 1.08. The molecule has 1 unspecified atom stereocenters. The first-order valence-electron chi connectivity index (χ1n) is 6.05. The Labute approximate surface area is 123 Å².